The molecule has 0 aliphatic carbocycles. The molecule has 1 aromatic rings. The number of aromatic nitrogens is 2. The van der Waals surface area contributed by atoms with E-state index in [1.807, 2.05) is 19.3 Å². The Morgan fingerprint density at radius 2 is 1.68 bits per heavy atom. The van der Waals surface area contributed by atoms with Crippen LogP contribution in [0.1, 0.15) is 44.1 Å². The lowest BCUT2D eigenvalue weighted by atomic mass is 10.0. The molecule has 138 valence electrons. The third-order valence-corrected chi connectivity index (χ3v) is 5.51. The molecule has 2 saturated heterocycles. The fourth-order valence-corrected chi connectivity index (χ4v) is 3.81. The molecule has 2 fully saturated rings. The molecule has 3 rings (SSSR count). The molecular formula is C19H31N5O. The number of hydrogen-bond acceptors (Lipinski definition) is 5. The monoisotopic (exact) mass is 345 g/mol. The lowest BCUT2D eigenvalue weighted by Gasteiger charge is -2.37. The van der Waals surface area contributed by atoms with Gasteiger partial charge in [0.1, 0.15) is 0 Å². The van der Waals surface area contributed by atoms with Gasteiger partial charge in [-0.1, -0.05) is 12.8 Å². The van der Waals surface area contributed by atoms with Gasteiger partial charge in [-0.25, -0.2) is 9.97 Å². The van der Waals surface area contributed by atoms with Gasteiger partial charge in [0.25, 0.3) is 0 Å². The number of piperidine rings is 1. The molecule has 1 aromatic heterocycles. The quantitative estimate of drug-likeness (QED) is 0.836. The van der Waals surface area contributed by atoms with E-state index in [9.17, 15) is 4.79 Å². The van der Waals surface area contributed by atoms with Crippen LogP contribution in [0.4, 0.5) is 5.95 Å². The maximum absolute atomic E-state index is 12.5. The molecule has 0 bridgehead atoms. The Morgan fingerprint density at radius 1 is 1.08 bits per heavy atom. The van der Waals surface area contributed by atoms with Crippen molar-refractivity contribution in [2.24, 2.45) is 0 Å². The molecule has 0 N–H and O–H groups in total. The van der Waals surface area contributed by atoms with E-state index in [0.717, 1.165) is 63.4 Å². The maximum Gasteiger partial charge on any atom is 0.236 e. The van der Waals surface area contributed by atoms with E-state index in [0.29, 0.717) is 18.5 Å². The highest BCUT2D eigenvalue weighted by atomic mass is 16.2. The van der Waals surface area contributed by atoms with E-state index in [-0.39, 0.29) is 0 Å². The van der Waals surface area contributed by atoms with Crippen LogP contribution in [0.2, 0.25) is 0 Å². The number of carbonyl (C=O) groups is 1. The first-order valence-electron chi connectivity index (χ1n) is 9.65. The van der Waals surface area contributed by atoms with Crippen LogP contribution in [0.5, 0.6) is 0 Å². The molecule has 0 saturated carbocycles. The van der Waals surface area contributed by atoms with Crippen molar-refractivity contribution < 1.29 is 4.79 Å². The van der Waals surface area contributed by atoms with E-state index in [2.05, 4.69) is 31.7 Å². The standard InChI is InChI=1S/C19H31N5O/c1-16-13-20-19(21-14-16)22(2)17-7-11-23(12-8-17)15-18(25)24-9-5-3-4-6-10-24/h13-14,17H,3-12,15H2,1-2H3. The van der Waals surface area contributed by atoms with Gasteiger partial charge in [0.05, 0.1) is 6.54 Å². The smallest absolute Gasteiger partial charge is 0.236 e. The number of anilines is 1. The number of carbonyl (C=O) groups excluding carboxylic acids is 1. The fraction of sp³-hybridized carbons (Fsp3) is 0.737. The molecule has 25 heavy (non-hydrogen) atoms. The minimum atomic E-state index is 0.315. The van der Waals surface area contributed by atoms with Gasteiger partial charge in [-0.15, -0.1) is 0 Å². The molecule has 0 radical (unpaired) electrons. The Kier molecular flexibility index (Phi) is 6.24. The van der Waals surface area contributed by atoms with Crippen molar-refractivity contribution in [3.63, 3.8) is 0 Å². The normalized spacial score (nSPS) is 20.3. The average Bonchev–Trinajstić information content (AvgIpc) is 2.92. The summed E-state index contributed by atoms with van der Waals surface area (Å²) in [6, 6.07) is 0.451. The van der Waals surface area contributed by atoms with Crippen LogP contribution < -0.4 is 4.90 Å². The zero-order valence-electron chi connectivity index (χ0n) is 15.7. The third kappa shape index (κ3) is 4.91. The highest BCUT2D eigenvalue weighted by Gasteiger charge is 2.26. The van der Waals surface area contributed by atoms with Crippen LogP contribution in [0.15, 0.2) is 12.4 Å². The van der Waals surface area contributed by atoms with Crippen LogP contribution in [0.25, 0.3) is 0 Å². The minimum Gasteiger partial charge on any atom is -0.342 e. The third-order valence-electron chi connectivity index (χ3n) is 5.51. The van der Waals surface area contributed by atoms with Crippen molar-refractivity contribution >= 4 is 11.9 Å². The Hall–Kier alpha value is -1.69. The first kappa shape index (κ1) is 18.1. The summed E-state index contributed by atoms with van der Waals surface area (Å²) in [5.41, 5.74) is 1.08. The number of amides is 1. The van der Waals surface area contributed by atoms with Crippen LogP contribution in [0, 0.1) is 6.92 Å². The Bertz CT molecular complexity index is 545. The fourth-order valence-electron chi connectivity index (χ4n) is 3.81. The molecule has 3 heterocycles. The van der Waals surface area contributed by atoms with Crippen LogP contribution in [-0.4, -0.2) is 71.5 Å². The van der Waals surface area contributed by atoms with E-state index in [4.69, 9.17) is 0 Å². The summed E-state index contributed by atoms with van der Waals surface area (Å²) in [5, 5.41) is 0. The number of nitrogens with zero attached hydrogens (tertiary/aromatic N) is 5. The van der Waals surface area contributed by atoms with Crippen LogP contribution in [-0.2, 0) is 4.79 Å². The van der Waals surface area contributed by atoms with Gasteiger partial charge in [-0.05, 0) is 38.2 Å². The van der Waals surface area contributed by atoms with Gasteiger partial charge >= 0.3 is 0 Å². The van der Waals surface area contributed by atoms with Crippen molar-refractivity contribution in [2.75, 3.05) is 44.7 Å². The summed E-state index contributed by atoms with van der Waals surface area (Å²) < 4.78 is 0. The molecule has 1 amide bonds. The highest BCUT2D eigenvalue weighted by molar-refractivity contribution is 5.78. The molecule has 0 atom stereocenters. The largest absolute Gasteiger partial charge is 0.342 e. The first-order valence-corrected chi connectivity index (χ1v) is 9.65. The van der Waals surface area contributed by atoms with E-state index >= 15 is 0 Å². The molecule has 6 nitrogen and oxygen atoms in total. The summed E-state index contributed by atoms with van der Waals surface area (Å²) in [6.07, 6.45) is 10.7. The van der Waals surface area contributed by atoms with Gasteiger partial charge in [0.2, 0.25) is 11.9 Å². The molecule has 0 aromatic carbocycles. The predicted molar refractivity (Wildman–Crippen MR) is 99.7 cm³/mol. The molecule has 2 aliphatic rings. The first-order chi connectivity index (χ1) is 12.1. The van der Waals surface area contributed by atoms with E-state index in [1.165, 1.54) is 12.8 Å². The number of hydrogen-bond donors (Lipinski definition) is 0. The lowest BCUT2D eigenvalue weighted by molar-refractivity contribution is -0.132. The van der Waals surface area contributed by atoms with Gasteiger partial charge in [-0.2, -0.15) is 0 Å². The van der Waals surface area contributed by atoms with E-state index < -0.39 is 0 Å². The minimum absolute atomic E-state index is 0.315. The van der Waals surface area contributed by atoms with Crippen LogP contribution >= 0.6 is 0 Å². The summed E-state index contributed by atoms with van der Waals surface area (Å²) >= 11 is 0. The molecular weight excluding hydrogens is 314 g/mol. The highest BCUT2D eigenvalue weighted by Crippen LogP contribution is 2.19. The summed E-state index contributed by atoms with van der Waals surface area (Å²) in [7, 11) is 2.08. The number of likely N-dealkylation sites (tertiary alicyclic amines) is 2. The second-order valence-corrected chi connectivity index (χ2v) is 7.47. The SMILES string of the molecule is Cc1cnc(N(C)C2CCN(CC(=O)N3CCCCCC3)CC2)nc1. The Morgan fingerprint density at radius 3 is 2.28 bits per heavy atom. The van der Waals surface area contributed by atoms with Gasteiger partial charge < -0.3 is 9.80 Å². The molecule has 0 spiro atoms. The molecule has 0 unspecified atom stereocenters. The second-order valence-electron chi connectivity index (χ2n) is 7.47. The van der Waals surface area contributed by atoms with Crippen molar-refractivity contribution in [1.29, 1.82) is 0 Å². The van der Waals surface area contributed by atoms with Crippen molar-refractivity contribution in [2.45, 2.75) is 51.5 Å². The molecule has 6 heteroatoms. The van der Waals surface area contributed by atoms with Gasteiger partial charge in [-0.3, -0.25) is 9.69 Å². The van der Waals surface area contributed by atoms with Gasteiger partial charge in [0.15, 0.2) is 0 Å². The second kappa shape index (κ2) is 8.61. The van der Waals surface area contributed by atoms with E-state index in [1.54, 1.807) is 0 Å². The maximum atomic E-state index is 12.5. The van der Waals surface area contributed by atoms with Gasteiger partial charge in [0, 0.05) is 51.7 Å². The number of aryl methyl sites for hydroxylation is 1. The molecule has 2 aliphatic heterocycles. The Labute approximate surface area is 151 Å². The zero-order chi connectivity index (χ0) is 17.6. The Balaban J connectivity index is 1.46. The predicted octanol–water partition coefficient (Wildman–Crippen LogP) is 2.09. The zero-order valence-corrected chi connectivity index (χ0v) is 15.7. The summed E-state index contributed by atoms with van der Waals surface area (Å²) in [4.78, 5) is 28.0. The van der Waals surface area contributed by atoms with Crippen LogP contribution in [0.3, 0.4) is 0 Å². The average molecular weight is 345 g/mol. The number of rotatable bonds is 4. The topological polar surface area (TPSA) is 52.6 Å². The lowest BCUT2D eigenvalue weighted by Crippen LogP contribution is -2.47. The van der Waals surface area contributed by atoms with Crippen molar-refractivity contribution in [3.05, 3.63) is 18.0 Å². The van der Waals surface area contributed by atoms with Crippen molar-refractivity contribution in [3.8, 4) is 0 Å². The summed E-state index contributed by atoms with van der Waals surface area (Å²) in [6.45, 7) is 6.42. The van der Waals surface area contributed by atoms with Crippen molar-refractivity contribution in [1.82, 2.24) is 19.8 Å². The summed E-state index contributed by atoms with van der Waals surface area (Å²) in [5.74, 6) is 1.11.